The Balaban J connectivity index is 2.80. The summed E-state index contributed by atoms with van der Waals surface area (Å²) >= 11 is 0.978. The van der Waals surface area contributed by atoms with Gasteiger partial charge >= 0.3 is 11.9 Å². The summed E-state index contributed by atoms with van der Waals surface area (Å²) in [5.74, 6) is -2.55. The van der Waals surface area contributed by atoms with Gasteiger partial charge in [0.2, 0.25) is 5.75 Å². The summed E-state index contributed by atoms with van der Waals surface area (Å²) in [5.41, 5.74) is -1.65. The maximum Gasteiger partial charge on any atom is 0.360 e. The van der Waals surface area contributed by atoms with Crippen LogP contribution in [-0.2, 0) is 16.6 Å². The van der Waals surface area contributed by atoms with E-state index in [4.69, 9.17) is 4.74 Å². The van der Waals surface area contributed by atoms with Crippen LogP contribution in [-0.4, -0.2) is 33.5 Å². The highest BCUT2D eigenvalue weighted by molar-refractivity contribution is 7.14. The molecule has 24 heavy (non-hydrogen) atoms. The number of aromatic nitrogens is 2. The van der Waals surface area contributed by atoms with Crippen molar-refractivity contribution in [2.24, 2.45) is 7.05 Å². The lowest BCUT2D eigenvalue weighted by Crippen LogP contribution is -2.27. The van der Waals surface area contributed by atoms with Crippen LogP contribution in [0.4, 0.5) is 5.69 Å². The average molecular weight is 353 g/mol. The van der Waals surface area contributed by atoms with Crippen molar-refractivity contribution in [2.45, 2.75) is 6.92 Å². The molecule has 0 radical (unpaired) electrons. The molecule has 0 saturated heterocycles. The molecule has 0 N–H and O–H groups in total. The minimum atomic E-state index is -1.01. The molecule has 2 rings (SSSR count). The van der Waals surface area contributed by atoms with Crippen LogP contribution in [0.1, 0.15) is 17.4 Å². The smallest absolute Gasteiger partial charge is 0.360 e. The van der Waals surface area contributed by atoms with Crippen molar-refractivity contribution in [3.8, 4) is 16.5 Å². The maximum atomic E-state index is 12.4. The van der Waals surface area contributed by atoms with E-state index in [0.717, 1.165) is 29.9 Å². The monoisotopic (exact) mass is 353 g/mol. The van der Waals surface area contributed by atoms with E-state index in [1.165, 1.54) is 18.5 Å². The van der Waals surface area contributed by atoms with Gasteiger partial charge in [-0.3, -0.25) is 24.3 Å². The fraction of sp³-hybridized carbons (Fsp3) is 0.231. The normalized spacial score (nSPS) is 10.3. The fourth-order valence-electron chi connectivity index (χ4n) is 1.87. The third-order valence-electron chi connectivity index (χ3n) is 2.92. The Morgan fingerprint density at radius 3 is 2.62 bits per heavy atom. The van der Waals surface area contributed by atoms with Gasteiger partial charge in [-0.2, -0.15) is 0 Å². The number of carbonyl (C=O) groups excluding carboxylic acids is 2. The molecule has 11 heteroatoms. The molecule has 0 unspecified atom stereocenters. The molecule has 2 aromatic rings. The maximum absolute atomic E-state index is 12.4. The number of hydrogen-bond donors (Lipinski definition) is 0. The first kappa shape index (κ1) is 17.3. The van der Waals surface area contributed by atoms with Gasteiger partial charge in [0.15, 0.2) is 11.5 Å². The summed E-state index contributed by atoms with van der Waals surface area (Å²) in [6.07, 6.45) is 0. The molecular formula is C13H11N3O7S. The minimum absolute atomic E-state index is 0.0825. The van der Waals surface area contributed by atoms with Crippen molar-refractivity contribution < 1.29 is 24.0 Å². The first-order valence-electron chi connectivity index (χ1n) is 6.38. The second-order valence-electron chi connectivity index (χ2n) is 4.45. The van der Waals surface area contributed by atoms with Gasteiger partial charge in [-0.05, 0) is 5.38 Å². The first-order valence-corrected chi connectivity index (χ1v) is 7.25. The van der Waals surface area contributed by atoms with E-state index in [1.54, 1.807) is 0 Å². The van der Waals surface area contributed by atoms with Crippen molar-refractivity contribution in [1.29, 1.82) is 0 Å². The molecule has 126 valence electrons. The molecule has 0 aliphatic heterocycles. The zero-order valence-corrected chi connectivity index (χ0v) is 13.6. The van der Waals surface area contributed by atoms with Gasteiger partial charge in [0.25, 0.3) is 11.2 Å². The van der Waals surface area contributed by atoms with Gasteiger partial charge in [0, 0.05) is 20.0 Å². The Labute approximate surface area is 138 Å². The highest BCUT2D eigenvalue weighted by Gasteiger charge is 2.28. The predicted octanol–water partition coefficient (Wildman–Crippen LogP) is 1.13. The van der Waals surface area contributed by atoms with E-state index < -0.39 is 33.9 Å². The summed E-state index contributed by atoms with van der Waals surface area (Å²) in [4.78, 5) is 49.9. The molecule has 2 heterocycles. The van der Waals surface area contributed by atoms with Gasteiger partial charge in [-0.1, -0.05) is 0 Å². The van der Waals surface area contributed by atoms with Crippen LogP contribution in [0.15, 0.2) is 16.2 Å². The van der Waals surface area contributed by atoms with Crippen LogP contribution in [0, 0.1) is 10.1 Å². The standard InChI is InChI=1S/C13H11N3O7S/c1-6(17)23-9-8(13(19)22-3)14-11(15(2)12(9)18)10-7(16(20)21)4-5-24-10/h4-5H,1-3H3. The molecule has 0 aliphatic rings. The summed E-state index contributed by atoms with van der Waals surface area (Å²) in [6, 6.07) is 1.25. The number of rotatable bonds is 4. The molecule has 0 atom stereocenters. The Morgan fingerprint density at radius 2 is 2.08 bits per heavy atom. The zero-order chi connectivity index (χ0) is 18.0. The van der Waals surface area contributed by atoms with E-state index in [2.05, 4.69) is 9.72 Å². The summed E-state index contributed by atoms with van der Waals surface area (Å²) in [7, 11) is 2.36. The number of ether oxygens (including phenoxy) is 2. The number of hydrogen-bond acceptors (Lipinski definition) is 9. The molecule has 0 spiro atoms. The Kier molecular flexibility index (Phi) is 4.74. The number of nitro groups is 1. The van der Waals surface area contributed by atoms with Crippen LogP contribution in [0.3, 0.4) is 0 Å². The van der Waals surface area contributed by atoms with E-state index in [0.29, 0.717) is 0 Å². The molecule has 0 amide bonds. The van der Waals surface area contributed by atoms with Crippen LogP contribution < -0.4 is 10.3 Å². The second-order valence-corrected chi connectivity index (χ2v) is 5.37. The van der Waals surface area contributed by atoms with Gasteiger partial charge in [0.1, 0.15) is 4.88 Å². The van der Waals surface area contributed by atoms with Crippen LogP contribution in [0.2, 0.25) is 0 Å². The Morgan fingerprint density at radius 1 is 1.42 bits per heavy atom. The summed E-state index contributed by atoms with van der Waals surface area (Å²) < 4.78 is 10.3. The minimum Gasteiger partial charge on any atom is -0.464 e. The van der Waals surface area contributed by atoms with E-state index in [-0.39, 0.29) is 16.4 Å². The van der Waals surface area contributed by atoms with E-state index >= 15 is 0 Å². The number of esters is 2. The topological polar surface area (TPSA) is 131 Å². The van der Waals surface area contributed by atoms with Gasteiger partial charge in [0.05, 0.1) is 12.0 Å². The third-order valence-corrected chi connectivity index (χ3v) is 3.82. The number of carbonyl (C=O) groups is 2. The second kappa shape index (κ2) is 6.58. The fourth-order valence-corrected chi connectivity index (χ4v) is 2.75. The lowest BCUT2D eigenvalue weighted by Gasteiger charge is -2.11. The van der Waals surface area contributed by atoms with Gasteiger partial charge < -0.3 is 9.47 Å². The number of thiophene rings is 1. The quantitative estimate of drug-likeness (QED) is 0.454. The lowest BCUT2D eigenvalue weighted by molar-refractivity contribution is -0.383. The van der Waals surface area contributed by atoms with Crippen molar-refractivity contribution in [3.63, 3.8) is 0 Å². The Bertz CT molecular complexity index is 899. The van der Waals surface area contributed by atoms with Crippen molar-refractivity contribution >= 4 is 29.0 Å². The molecule has 10 nitrogen and oxygen atoms in total. The van der Waals surface area contributed by atoms with Crippen molar-refractivity contribution in [2.75, 3.05) is 7.11 Å². The summed E-state index contributed by atoms with van der Waals surface area (Å²) in [6.45, 7) is 1.05. The number of methoxy groups -OCH3 is 1. The molecule has 0 saturated carbocycles. The predicted molar refractivity (Wildman–Crippen MR) is 82.1 cm³/mol. The molecule has 0 aromatic carbocycles. The van der Waals surface area contributed by atoms with Crippen LogP contribution in [0.25, 0.3) is 10.7 Å². The Hall–Kier alpha value is -3.08. The molecular weight excluding hydrogens is 342 g/mol. The summed E-state index contributed by atoms with van der Waals surface area (Å²) in [5, 5.41) is 12.5. The lowest BCUT2D eigenvalue weighted by atomic mass is 10.3. The van der Waals surface area contributed by atoms with E-state index in [1.807, 2.05) is 0 Å². The third kappa shape index (κ3) is 3.01. The number of nitrogens with zero attached hydrogens (tertiary/aromatic N) is 3. The van der Waals surface area contributed by atoms with Crippen molar-refractivity contribution in [3.05, 3.63) is 37.6 Å². The van der Waals surface area contributed by atoms with Crippen LogP contribution in [0.5, 0.6) is 5.75 Å². The van der Waals surface area contributed by atoms with Crippen LogP contribution >= 0.6 is 11.3 Å². The molecule has 0 aliphatic carbocycles. The highest BCUT2D eigenvalue weighted by Crippen LogP contribution is 2.34. The zero-order valence-electron chi connectivity index (χ0n) is 12.8. The average Bonchev–Trinajstić information content (AvgIpc) is 3.00. The highest BCUT2D eigenvalue weighted by atomic mass is 32.1. The largest absolute Gasteiger partial charge is 0.464 e. The molecule has 0 fully saturated rings. The van der Waals surface area contributed by atoms with Gasteiger partial charge in [-0.25, -0.2) is 9.78 Å². The van der Waals surface area contributed by atoms with E-state index in [9.17, 15) is 24.5 Å². The first-order chi connectivity index (χ1) is 11.3. The molecule has 2 aromatic heterocycles. The van der Waals surface area contributed by atoms with Gasteiger partial charge in [-0.15, -0.1) is 11.3 Å². The van der Waals surface area contributed by atoms with Crippen molar-refractivity contribution in [1.82, 2.24) is 9.55 Å². The molecule has 0 bridgehead atoms. The SMILES string of the molecule is COC(=O)c1nc(-c2sccc2[N+](=O)[O-])n(C)c(=O)c1OC(C)=O.